The SMILES string of the molecule is C=C1O[C@@H]2C[C@H](O)C(=O)C[C@@H]2C1=C. The average Bonchev–Trinajstić information content (AvgIpc) is 2.32. The molecule has 2 fully saturated rings. The van der Waals surface area contributed by atoms with Crippen LogP contribution in [0, 0.1) is 5.92 Å². The molecule has 1 aliphatic carbocycles. The molecule has 0 spiro atoms. The molecule has 0 amide bonds. The first kappa shape index (κ1) is 8.51. The molecule has 0 aromatic rings. The number of Topliss-reactive ketones (excluding diaryl/α,β-unsaturated/α-hetero) is 1. The Hall–Kier alpha value is -1.09. The molecule has 70 valence electrons. The number of carbonyl (C=O) groups excluding carboxylic acids is 1. The summed E-state index contributed by atoms with van der Waals surface area (Å²) in [5.41, 5.74) is 0.810. The van der Waals surface area contributed by atoms with Gasteiger partial charge in [-0.25, -0.2) is 0 Å². The molecule has 1 N–H and O–H groups in total. The third-order valence-electron chi connectivity index (χ3n) is 2.80. The van der Waals surface area contributed by atoms with Crippen LogP contribution in [-0.4, -0.2) is 23.1 Å². The number of rotatable bonds is 0. The van der Waals surface area contributed by atoms with Gasteiger partial charge < -0.3 is 9.84 Å². The third-order valence-corrected chi connectivity index (χ3v) is 2.80. The average molecular weight is 180 g/mol. The highest BCUT2D eigenvalue weighted by Crippen LogP contribution is 2.40. The lowest BCUT2D eigenvalue weighted by atomic mass is 9.81. The largest absolute Gasteiger partial charge is 0.490 e. The Labute approximate surface area is 76.7 Å². The monoisotopic (exact) mass is 180 g/mol. The number of ketones is 1. The van der Waals surface area contributed by atoms with Gasteiger partial charge in [-0.05, 0) is 5.57 Å². The molecule has 0 aromatic heterocycles. The van der Waals surface area contributed by atoms with Crippen LogP contribution in [0.2, 0.25) is 0 Å². The molecule has 2 aliphatic rings. The van der Waals surface area contributed by atoms with E-state index in [4.69, 9.17) is 4.74 Å². The predicted molar refractivity (Wildman–Crippen MR) is 46.9 cm³/mol. The number of carbonyl (C=O) groups is 1. The van der Waals surface area contributed by atoms with Gasteiger partial charge in [0, 0.05) is 18.8 Å². The summed E-state index contributed by atoms with van der Waals surface area (Å²) in [4.78, 5) is 11.2. The van der Waals surface area contributed by atoms with E-state index in [0.29, 0.717) is 18.6 Å². The minimum Gasteiger partial charge on any atom is -0.490 e. The maximum absolute atomic E-state index is 11.2. The van der Waals surface area contributed by atoms with Crippen molar-refractivity contribution in [2.45, 2.75) is 25.0 Å². The first-order valence-electron chi connectivity index (χ1n) is 4.35. The fourth-order valence-corrected chi connectivity index (χ4v) is 1.94. The highest BCUT2D eigenvalue weighted by atomic mass is 16.5. The van der Waals surface area contributed by atoms with Crippen LogP contribution >= 0.6 is 0 Å². The van der Waals surface area contributed by atoms with Gasteiger partial charge in [0.05, 0.1) is 0 Å². The van der Waals surface area contributed by atoms with Crippen molar-refractivity contribution in [3.63, 3.8) is 0 Å². The number of fused-ring (bicyclic) bond motifs is 1. The maximum atomic E-state index is 11.2. The van der Waals surface area contributed by atoms with Gasteiger partial charge in [-0.2, -0.15) is 0 Å². The van der Waals surface area contributed by atoms with Crippen molar-refractivity contribution in [3.05, 3.63) is 24.5 Å². The molecule has 0 bridgehead atoms. The number of aliphatic hydroxyl groups is 1. The Bertz CT molecular complexity index is 293. The minimum absolute atomic E-state index is 0.0448. The van der Waals surface area contributed by atoms with E-state index >= 15 is 0 Å². The highest BCUT2D eigenvalue weighted by molar-refractivity contribution is 5.84. The number of allylic oxidation sites excluding steroid dienone is 1. The second kappa shape index (κ2) is 2.70. The van der Waals surface area contributed by atoms with Gasteiger partial charge in [0.15, 0.2) is 5.78 Å². The quantitative estimate of drug-likeness (QED) is 0.599. The molecule has 1 saturated heterocycles. The van der Waals surface area contributed by atoms with Crippen LogP contribution in [0.25, 0.3) is 0 Å². The summed E-state index contributed by atoms with van der Waals surface area (Å²) in [6, 6.07) is 0. The van der Waals surface area contributed by atoms with Gasteiger partial charge in [0.2, 0.25) is 0 Å². The van der Waals surface area contributed by atoms with E-state index < -0.39 is 6.10 Å². The molecule has 1 heterocycles. The Morgan fingerprint density at radius 2 is 2.15 bits per heavy atom. The molecule has 0 aromatic carbocycles. The van der Waals surface area contributed by atoms with Crippen LogP contribution in [0.5, 0.6) is 0 Å². The molecule has 1 aliphatic heterocycles. The molecular weight excluding hydrogens is 168 g/mol. The van der Waals surface area contributed by atoms with Gasteiger partial charge in [0.25, 0.3) is 0 Å². The van der Waals surface area contributed by atoms with Gasteiger partial charge in [-0.1, -0.05) is 13.2 Å². The molecule has 3 atom stereocenters. The fraction of sp³-hybridized carbons (Fsp3) is 0.500. The van der Waals surface area contributed by atoms with E-state index in [0.717, 1.165) is 5.57 Å². The van der Waals surface area contributed by atoms with Crippen molar-refractivity contribution in [1.82, 2.24) is 0 Å². The lowest BCUT2D eigenvalue weighted by molar-refractivity contribution is -0.133. The summed E-state index contributed by atoms with van der Waals surface area (Å²) in [7, 11) is 0. The Balaban J connectivity index is 2.21. The van der Waals surface area contributed by atoms with Gasteiger partial charge in [0.1, 0.15) is 18.0 Å². The summed E-state index contributed by atoms with van der Waals surface area (Å²) in [5, 5.41) is 9.31. The zero-order valence-electron chi connectivity index (χ0n) is 7.32. The maximum Gasteiger partial charge on any atom is 0.162 e. The highest BCUT2D eigenvalue weighted by Gasteiger charge is 2.43. The summed E-state index contributed by atoms with van der Waals surface area (Å²) >= 11 is 0. The van der Waals surface area contributed by atoms with Gasteiger partial charge in [-0.3, -0.25) is 4.79 Å². The molecule has 3 nitrogen and oxygen atoms in total. The van der Waals surface area contributed by atoms with Crippen molar-refractivity contribution in [3.8, 4) is 0 Å². The first-order valence-corrected chi connectivity index (χ1v) is 4.35. The van der Waals surface area contributed by atoms with Crippen LogP contribution in [0.3, 0.4) is 0 Å². The smallest absolute Gasteiger partial charge is 0.162 e. The van der Waals surface area contributed by atoms with Crippen molar-refractivity contribution >= 4 is 5.78 Å². The zero-order chi connectivity index (χ0) is 9.59. The Morgan fingerprint density at radius 1 is 1.46 bits per heavy atom. The summed E-state index contributed by atoms with van der Waals surface area (Å²) in [6.07, 6.45) is -0.238. The van der Waals surface area contributed by atoms with Crippen LogP contribution < -0.4 is 0 Å². The summed E-state index contributed by atoms with van der Waals surface area (Å²) in [6.45, 7) is 7.52. The molecule has 13 heavy (non-hydrogen) atoms. The van der Waals surface area contributed by atoms with Crippen LogP contribution in [0.15, 0.2) is 24.5 Å². The predicted octanol–water partition coefficient (Wildman–Crippen LogP) is 0.795. The fourth-order valence-electron chi connectivity index (χ4n) is 1.94. The number of hydrogen-bond acceptors (Lipinski definition) is 3. The minimum atomic E-state index is -0.861. The lowest BCUT2D eigenvalue weighted by Gasteiger charge is -2.25. The number of aliphatic hydroxyl groups excluding tert-OH is 1. The number of ether oxygens (including phenoxy) is 1. The lowest BCUT2D eigenvalue weighted by Crippen LogP contribution is -2.37. The Kier molecular flexibility index (Phi) is 1.77. The standard InChI is InChI=1S/C10H12O3/c1-5-6(2)13-10-4-9(12)8(11)3-7(5)10/h7,9-10,12H,1-4H2/t7-,9+,10-/m1/s1. The van der Waals surface area contributed by atoms with Crippen LogP contribution in [0.1, 0.15) is 12.8 Å². The first-order chi connectivity index (χ1) is 6.09. The van der Waals surface area contributed by atoms with Crippen molar-refractivity contribution in [1.29, 1.82) is 0 Å². The second-order valence-corrected chi connectivity index (χ2v) is 3.63. The van der Waals surface area contributed by atoms with E-state index in [2.05, 4.69) is 13.2 Å². The second-order valence-electron chi connectivity index (χ2n) is 3.63. The van der Waals surface area contributed by atoms with Crippen molar-refractivity contribution in [2.75, 3.05) is 0 Å². The molecular formula is C10H12O3. The van der Waals surface area contributed by atoms with E-state index in [-0.39, 0.29) is 17.8 Å². The molecule has 0 unspecified atom stereocenters. The normalized spacial score (nSPS) is 38.8. The molecule has 3 heteroatoms. The Morgan fingerprint density at radius 3 is 2.85 bits per heavy atom. The third kappa shape index (κ3) is 1.20. The van der Waals surface area contributed by atoms with Crippen LogP contribution in [-0.2, 0) is 9.53 Å². The summed E-state index contributed by atoms with van der Waals surface area (Å²) < 4.78 is 5.39. The zero-order valence-corrected chi connectivity index (χ0v) is 7.32. The van der Waals surface area contributed by atoms with E-state index in [1.807, 2.05) is 0 Å². The molecule has 1 saturated carbocycles. The van der Waals surface area contributed by atoms with E-state index in [1.54, 1.807) is 0 Å². The molecule has 2 rings (SSSR count). The van der Waals surface area contributed by atoms with Crippen molar-refractivity contribution < 1.29 is 14.6 Å². The summed E-state index contributed by atoms with van der Waals surface area (Å²) in [5.74, 6) is 0.501. The van der Waals surface area contributed by atoms with E-state index in [1.165, 1.54) is 0 Å². The van der Waals surface area contributed by atoms with Gasteiger partial charge >= 0.3 is 0 Å². The van der Waals surface area contributed by atoms with Gasteiger partial charge in [-0.15, -0.1) is 0 Å². The van der Waals surface area contributed by atoms with Crippen LogP contribution in [0.4, 0.5) is 0 Å². The number of hydrogen-bond donors (Lipinski definition) is 1. The molecule has 0 radical (unpaired) electrons. The van der Waals surface area contributed by atoms with E-state index in [9.17, 15) is 9.90 Å². The topological polar surface area (TPSA) is 46.5 Å². The van der Waals surface area contributed by atoms with Crippen molar-refractivity contribution in [2.24, 2.45) is 5.92 Å².